The number of methoxy groups -OCH3 is 1. The highest BCUT2D eigenvalue weighted by Crippen LogP contribution is 2.08. The first-order valence-electron chi connectivity index (χ1n) is 6.46. The molecule has 0 aliphatic carbocycles. The maximum atomic E-state index is 11.7. The predicted octanol–water partition coefficient (Wildman–Crippen LogP) is -1.08. The number of carbonyl (C=O) groups excluding carboxylic acids is 3. The zero-order chi connectivity index (χ0) is 16.0. The third kappa shape index (κ3) is 4.93. The number of carbonyl (C=O) groups is 4. The molecule has 0 aromatic rings. The summed E-state index contributed by atoms with van der Waals surface area (Å²) in [7, 11) is 2.82. The molecule has 3 N–H and O–H groups in total. The van der Waals surface area contributed by atoms with Gasteiger partial charge in [0.25, 0.3) is 0 Å². The first-order chi connectivity index (χ1) is 9.85. The minimum atomic E-state index is -1.26. The van der Waals surface area contributed by atoms with Crippen molar-refractivity contribution in [3.05, 3.63) is 0 Å². The van der Waals surface area contributed by atoms with Crippen molar-refractivity contribution >= 4 is 23.9 Å². The number of carboxylic acid groups (broad SMARTS) is 1. The first kappa shape index (κ1) is 16.7. The number of rotatable bonds is 6. The van der Waals surface area contributed by atoms with Gasteiger partial charge >= 0.3 is 18.0 Å². The normalized spacial score (nSPS) is 19.0. The van der Waals surface area contributed by atoms with Crippen LogP contribution < -0.4 is 10.6 Å². The second-order valence-electron chi connectivity index (χ2n) is 4.72. The maximum absolute atomic E-state index is 11.7. The molecular weight excluding hydrogens is 282 g/mol. The molecule has 1 rings (SSSR count). The van der Waals surface area contributed by atoms with Crippen LogP contribution in [0.15, 0.2) is 0 Å². The quantitative estimate of drug-likeness (QED) is 0.536. The highest BCUT2D eigenvalue weighted by Gasteiger charge is 2.31. The van der Waals surface area contributed by atoms with Gasteiger partial charge in [0.1, 0.15) is 12.1 Å². The molecule has 1 unspecified atom stereocenters. The van der Waals surface area contributed by atoms with Crippen molar-refractivity contribution in [1.82, 2.24) is 15.5 Å². The Morgan fingerprint density at radius 3 is 2.62 bits per heavy atom. The van der Waals surface area contributed by atoms with Gasteiger partial charge in [-0.3, -0.25) is 9.59 Å². The summed E-state index contributed by atoms with van der Waals surface area (Å²) >= 11 is 0. The van der Waals surface area contributed by atoms with Crippen molar-refractivity contribution in [2.24, 2.45) is 0 Å². The summed E-state index contributed by atoms with van der Waals surface area (Å²) in [5, 5.41) is 13.6. The van der Waals surface area contributed by atoms with Crippen LogP contribution in [0.25, 0.3) is 0 Å². The highest BCUT2D eigenvalue weighted by atomic mass is 16.5. The van der Waals surface area contributed by atoms with Crippen molar-refractivity contribution < 1.29 is 29.0 Å². The Kier molecular flexibility index (Phi) is 5.94. The van der Waals surface area contributed by atoms with E-state index in [0.717, 1.165) is 0 Å². The lowest BCUT2D eigenvalue weighted by atomic mass is 10.1. The van der Waals surface area contributed by atoms with Gasteiger partial charge in [0.2, 0.25) is 5.91 Å². The monoisotopic (exact) mass is 301 g/mol. The Morgan fingerprint density at radius 2 is 2.14 bits per heavy atom. The molecule has 0 spiro atoms. The summed E-state index contributed by atoms with van der Waals surface area (Å²) in [6, 6.07) is -2.62. The van der Waals surface area contributed by atoms with Crippen LogP contribution in [-0.2, 0) is 19.1 Å². The number of likely N-dealkylation sites (tertiary alicyclic amines) is 1. The molecule has 21 heavy (non-hydrogen) atoms. The van der Waals surface area contributed by atoms with Crippen molar-refractivity contribution in [2.45, 2.75) is 31.3 Å². The zero-order valence-electron chi connectivity index (χ0n) is 11.9. The van der Waals surface area contributed by atoms with Gasteiger partial charge in [-0.15, -0.1) is 0 Å². The molecule has 3 amide bonds. The Bertz CT molecular complexity index is 439. The van der Waals surface area contributed by atoms with Crippen molar-refractivity contribution in [1.29, 1.82) is 0 Å². The van der Waals surface area contributed by atoms with E-state index in [0.29, 0.717) is 13.0 Å². The molecule has 1 saturated heterocycles. The van der Waals surface area contributed by atoms with Crippen LogP contribution in [0.2, 0.25) is 0 Å². The number of aliphatic carboxylic acids is 1. The molecule has 1 aliphatic rings. The molecule has 1 heterocycles. The topological polar surface area (TPSA) is 125 Å². The van der Waals surface area contributed by atoms with Crippen LogP contribution in [0.3, 0.4) is 0 Å². The SMILES string of the molecule is COC(=O)CC[C@@H](NC(=O)NC1CCN(C)C1=O)C(=O)O. The number of hydrogen-bond donors (Lipinski definition) is 3. The Labute approximate surface area is 121 Å². The van der Waals surface area contributed by atoms with Crippen LogP contribution >= 0.6 is 0 Å². The molecule has 0 radical (unpaired) electrons. The van der Waals surface area contributed by atoms with Crippen molar-refractivity contribution in [3.63, 3.8) is 0 Å². The molecule has 1 aliphatic heterocycles. The van der Waals surface area contributed by atoms with E-state index < -0.39 is 30.1 Å². The number of nitrogens with zero attached hydrogens (tertiary/aromatic N) is 1. The summed E-state index contributed by atoms with van der Waals surface area (Å²) in [6.45, 7) is 0.536. The Balaban J connectivity index is 2.47. The van der Waals surface area contributed by atoms with Crippen LogP contribution in [0.1, 0.15) is 19.3 Å². The van der Waals surface area contributed by atoms with Crippen LogP contribution in [0.5, 0.6) is 0 Å². The van der Waals surface area contributed by atoms with Crippen LogP contribution in [0.4, 0.5) is 4.79 Å². The van der Waals surface area contributed by atoms with Gasteiger partial charge in [-0.25, -0.2) is 9.59 Å². The number of esters is 1. The van der Waals surface area contributed by atoms with Gasteiger partial charge < -0.3 is 25.4 Å². The summed E-state index contributed by atoms with van der Waals surface area (Å²) in [5.41, 5.74) is 0. The second kappa shape index (κ2) is 7.46. The average Bonchev–Trinajstić information content (AvgIpc) is 2.74. The smallest absolute Gasteiger partial charge is 0.326 e. The number of carboxylic acids is 1. The number of urea groups is 1. The Morgan fingerprint density at radius 1 is 1.48 bits per heavy atom. The lowest BCUT2D eigenvalue weighted by molar-refractivity contribution is -0.142. The lowest BCUT2D eigenvalue weighted by Gasteiger charge is -2.17. The van der Waals surface area contributed by atoms with E-state index in [-0.39, 0.29) is 18.7 Å². The molecule has 9 nitrogen and oxygen atoms in total. The first-order valence-corrected chi connectivity index (χ1v) is 6.46. The van der Waals surface area contributed by atoms with Crippen molar-refractivity contribution in [3.8, 4) is 0 Å². The fourth-order valence-electron chi connectivity index (χ4n) is 1.94. The van der Waals surface area contributed by atoms with E-state index in [1.165, 1.54) is 12.0 Å². The molecule has 1 fully saturated rings. The molecule has 0 bridgehead atoms. The van der Waals surface area contributed by atoms with Crippen molar-refractivity contribution in [2.75, 3.05) is 20.7 Å². The summed E-state index contributed by atoms with van der Waals surface area (Å²) in [5.74, 6) is -2.04. The average molecular weight is 301 g/mol. The minimum absolute atomic E-state index is 0.0893. The van der Waals surface area contributed by atoms with Gasteiger partial charge in [-0.1, -0.05) is 0 Å². The third-order valence-electron chi connectivity index (χ3n) is 3.20. The van der Waals surface area contributed by atoms with Crippen LogP contribution in [0, 0.1) is 0 Å². The Hall–Kier alpha value is -2.32. The fourth-order valence-corrected chi connectivity index (χ4v) is 1.94. The largest absolute Gasteiger partial charge is 0.480 e. The third-order valence-corrected chi connectivity index (χ3v) is 3.20. The number of amides is 3. The van der Waals surface area contributed by atoms with Gasteiger partial charge in [-0.05, 0) is 12.8 Å². The van der Waals surface area contributed by atoms with E-state index in [1.54, 1.807) is 7.05 Å². The molecular formula is C12H19N3O6. The molecule has 118 valence electrons. The van der Waals surface area contributed by atoms with E-state index in [2.05, 4.69) is 15.4 Å². The van der Waals surface area contributed by atoms with E-state index >= 15 is 0 Å². The fraction of sp³-hybridized carbons (Fsp3) is 0.667. The summed E-state index contributed by atoms with van der Waals surface area (Å²) in [6.07, 6.45) is 0.259. The molecule has 9 heteroatoms. The molecule has 0 aromatic heterocycles. The maximum Gasteiger partial charge on any atom is 0.326 e. The number of likely N-dealkylation sites (N-methyl/N-ethyl adjacent to an activating group) is 1. The standard InChI is InChI=1S/C12H19N3O6/c1-15-6-5-7(10(15)17)13-12(20)14-8(11(18)19)3-4-9(16)21-2/h7-8H,3-6H2,1-2H3,(H,18,19)(H2,13,14,20)/t7?,8-/m1/s1. The van der Waals surface area contributed by atoms with E-state index in [4.69, 9.17) is 5.11 Å². The summed E-state index contributed by atoms with van der Waals surface area (Å²) in [4.78, 5) is 46.8. The van der Waals surface area contributed by atoms with E-state index in [1.807, 2.05) is 0 Å². The van der Waals surface area contributed by atoms with Gasteiger partial charge in [-0.2, -0.15) is 0 Å². The number of ether oxygens (including phenoxy) is 1. The molecule has 2 atom stereocenters. The lowest BCUT2D eigenvalue weighted by Crippen LogP contribution is -2.50. The highest BCUT2D eigenvalue weighted by molar-refractivity contribution is 5.90. The van der Waals surface area contributed by atoms with Gasteiger partial charge in [0, 0.05) is 20.0 Å². The van der Waals surface area contributed by atoms with Crippen LogP contribution in [-0.4, -0.2) is 66.7 Å². The second-order valence-corrected chi connectivity index (χ2v) is 4.72. The molecule has 0 saturated carbocycles. The van der Waals surface area contributed by atoms with Gasteiger partial charge in [0.05, 0.1) is 7.11 Å². The summed E-state index contributed by atoms with van der Waals surface area (Å²) < 4.78 is 4.41. The molecule has 0 aromatic carbocycles. The predicted molar refractivity (Wildman–Crippen MR) is 70.4 cm³/mol. The number of nitrogens with one attached hydrogen (secondary N) is 2. The van der Waals surface area contributed by atoms with Gasteiger partial charge in [0.15, 0.2) is 0 Å². The number of hydrogen-bond acceptors (Lipinski definition) is 5. The van der Waals surface area contributed by atoms with E-state index in [9.17, 15) is 19.2 Å². The minimum Gasteiger partial charge on any atom is -0.480 e. The zero-order valence-corrected chi connectivity index (χ0v) is 11.9.